The van der Waals surface area contributed by atoms with Crippen LogP contribution in [-0.2, 0) is 0 Å². The Hall–Kier alpha value is -2.48. The zero-order valence-corrected chi connectivity index (χ0v) is 12.4. The van der Waals surface area contributed by atoms with E-state index >= 15 is 0 Å². The minimum absolute atomic E-state index is 0.000129. The third kappa shape index (κ3) is 5.03. The Kier molecular flexibility index (Phi) is 4.95. The summed E-state index contributed by atoms with van der Waals surface area (Å²) in [4.78, 5) is 22.9. The maximum absolute atomic E-state index is 12.2. The van der Waals surface area contributed by atoms with E-state index in [1.165, 1.54) is 48.5 Å². The van der Waals surface area contributed by atoms with Gasteiger partial charge in [-0.3, -0.25) is 9.59 Å². The van der Waals surface area contributed by atoms with E-state index in [4.69, 9.17) is 5.73 Å². The van der Waals surface area contributed by atoms with E-state index in [9.17, 15) is 22.8 Å². The molecule has 0 fully saturated rings. The number of anilines is 1. The summed E-state index contributed by atoms with van der Waals surface area (Å²) in [5.74, 6) is -1.05. The molecule has 0 radical (unpaired) electrons. The first-order chi connectivity index (χ1) is 10.7. The summed E-state index contributed by atoms with van der Waals surface area (Å²) in [5, 5.41) is 2.57. The van der Waals surface area contributed by atoms with Gasteiger partial charge in [-0.15, -0.1) is 0 Å². The van der Waals surface area contributed by atoms with Gasteiger partial charge in [0.1, 0.15) is 0 Å². The number of hydrogen-bond acceptors (Lipinski definition) is 3. The normalized spacial score (nSPS) is 11.1. The molecule has 0 heterocycles. The fourth-order valence-corrected chi connectivity index (χ4v) is 2.27. The van der Waals surface area contributed by atoms with Crippen LogP contribution in [0.25, 0.3) is 0 Å². The van der Waals surface area contributed by atoms with E-state index in [0.717, 1.165) is 0 Å². The number of benzene rings is 2. The molecule has 8 heteroatoms. The zero-order valence-electron chi connectivity index (χ0n) is 11.6. The van der Waals surface area contributed by atoms with Crippen LogP contribution in [0.5, 0.6) is 0 Å². The van der Waals surface area contributed by atoms with Gasteiger partial charge in [-0.05, 0) is 60.3 Å². The molecule has 120 valence electrons. The zero-order chi connectivity index (χ0) is 17.0. The number of hydrogen-bond donors (Lipinski definition) is 2. The van der Waals surface area contributed by atoms with Crippen LogP contribution in [0.1, 0.15) is 20.7 Å². The highest BCUT2D eigenvalue weighted by Crippen LogP contribution is 2.36. The van der Waals surface area contributed by atoms with E-state index in [-0.39, 0.29) is 22.2 Å². The number of carbonyl (C=O) groups excluding carboxylic acids is 2. The monoisotopic (exact) mass is 340 g/mol. The third-order valence-electron chi connectivity index (χ3n) is 2.78. The summed E-state index contributed by atoms with van der Waals surface area (Å²) >= 11 is -0.246. The summed E-state index contributed by atoms with van der Waals surface area (Å²) in [6.07, 6.45) is 0. The molecule has 0 unspecified atom stereocenters. The topological polar surface area (TPSA) is 72.2 Å². The summed E-state index contributed by atoms with van der Waals surface area (Å²) in [6.45, 7) is 0. The minimum Gasteiger partial charge on any atom is -0.366 e. The summed E-state index contributed by atoms with van der Waals surface area (Å²) < 4.78 is 36.7. The fraction of sp³-hybridized carbons (Fsp3) is 0.0667. The average molecular weight is 340 g/mol. The van der Waals surface area contributed by atoms with E-state index in [2.05, 4.69) is 5.32 Å². The smallest absolute Gasteiger partial charge is 0.366 e. The lowest BCUT2D eigenvalue weighted by Gasteiger charge is -2.08. The third-order valence-corrected chi connectivity index (χ3v) is 3.52. The van der Waals surface area contributed by atoms with Crippen LogP contribution in [0.15, 0.2) is 53.4 Å². The van der Waals surface area contributed by atoms with Gasteiger partial charge in [-0.2, -0.15) is 13.2 Å². The first-order valence-electron chi connectivity index (χ1n) is 6.31. The average Bonchev–Trinajstić information content (AvgIpc) is 2.46. The van der Waals surface area contributed by atoms with Crippen molar-refractivity contribution in [1.82, 2.24) is 0 Å². The molecular formula is C15H11F3N2O2S. The number of thioether (sulfide) groups is 1. The number of rotatable bonds is 4. The van der Waals surface area contributed by atoms with Crippen molar-refractivity contribution in [3.8, 4) is 0 Å². The SMILES string of the molecule is NC(=O)c1ccc(NC(=O)c2ccc(SC(F)(F)F)cc2)cc1. The number of amides is 2. The highest BCUT2D eigenvalue weighted by molar-refractivity contribution is 8.00. The second-order valence-corrected chi connectivity index (χ2v) is 5.61. The van der Waals surface area contributed by atoms with Gasteiger partial charge in [0.15, 0.2) is 0 Å². The number of halogens is 3. The Morgan fingerprint density at radius 3 is 1.91 bits per heavy atom. The summed E-state index contributed by atoms with van der Waals surface area (Å²) in [6, 6.07) is 11.0. The Labute approximate surface area is 133 Å². The van der Waals surface area contributed by atoms with Crippen LogP contribution in [-0.4, -0.2) is 17.3 Å². The largest absolute Gasteiger partial charge is 0.446 e. The molecule has 0 saturated carbocycles. The highest BCUT2D eigenvalue weighted by atomic mass is 32.2. The Morgan fingerprint density at radius 2 is 1.43 bits per heavy atom. The van der Waals surface area contributed by atoms with Gasteiger partial charge in [-0.25, -0.2) is 0 Å². The lowest BCUT2D eigenvalue weighted by Crippen LogP contribution is -2.13. The number of carbonyl (C=O) groups is 2. The van der Waals surface area contributed by atoms with Crippen LogP contribution in [0, 0.1) is 0 Å². The van der Waals surface area contributed by atoms with Crippen molar-refractivity contribution in [1.29, 1.82) is 0 Å². The van der Waals surface area contributed by atoms with Gasteiger partial charge < -0.3 is 11.1 Å². The predicted octanol–water partition coefficient (Wildman–Crippen LogP) is 3.65. The Morgan fingerprint density at radius 1 is 0.913 bits per heavy atom. The Bertz CT molecular complexity index is 713. The maximum Gasteiger partial charge on any atom is 0.446 e. The second-order valence-electron chi connectivity index (χ2n) is 4.47. The molecule has 0 aliphatic carbocycles. The molecule has 0 spiro atoms. The minimum atomic E-state index is -4.37. The molecule has 0 aliphatic rings. The summed E-state index contributed by atoms with van der Waals surface area (Å²) in [7, 11) is 0. The molecule has 0 saturated heterocycles. The van der Waals surface area contributed by atoms with Crippen molar-refractivity contribution in [2.45, 2.75) is 10.4 Å². The van der Waals surface area contributed by atoms with Crippen molar-refractivity contribution in [2.24, 2.45) is 5.73 Å². The van der Waals surface area contributed by atoms with Gasteiger partial charge in [0.25, 0.3) is 5.91 Å². The van der Waals surface area contributed by atoms with Gasteiger partial charge in [0, 0.05) is 21.7 Å². The van der Waals surface area contributed by atoms with Crippen LogP contribution in [0.4, 0.5) is 18.9 Å². The molecule has 0 bridgehead atoms. The van der Waals surface area contributed by atoms with Crippen LogP contribution in [0.2, 0.25) is 0 Å². The molecule has 2 aromatic rings. The first-order valence-corrected chi connectivity index (χ1v) is 7.13. The lowest BCUT2D eigenvalue weighted by molar-refractivity contribution is -0.0328. The van der Waals surface area contributed by atoms with E-state index in [0.29, 0.717) is 11.3 Å². The molecule has 0 atom stereocenters. The standard InChI is InChI=1S/C15H11F3N2O2S/c16-15(17,18)23-12-7-3-10(4-8-12)14(22)20-11-5-1-9(2-6-11)13(19)21/h1-8H,(H2,19,21)(H,20,22). The summed E-state index contributed by atoms with van der Waals surface area (Å²) in [5.41, 5.74) is 1.70. The number of nitrogens with two attached hydrogens (primary N) is 1. The molecular weight excluding hydrogens is 329 g/mol. The molecule has 4 nitrogen and oxygen atoms in total. The van der Waals surface area contributed by atoms with Gasteiger partial charge in [0.2, 0.25) is 5.91 Å². The molecule has 2 aromatic carbocycles. The molecule has 0 aromatic heterocycles. The van der Waals surface area contributed by atoms with Crippen molar-refractivity contribution in [3.63, 3.8) is 0 Å². The fourth-order valence-electron chi connectivity index (χ4n) is 1.73. The van der Waals surface area contributed by atoms with Gasteiger partial charge in [0.05, 0.1) is 0 Å². The van der Waals surface area contributed by atoms with E-state index < -0.39 is 17.3 Å². The first kappa shape index (κ1) is 16.9. The molecule has 2 amide bonds. The number of alkyl halides is 3. The highest BCUT2D eigenvalue weighted by Gasteiger charge is 2.29. The van der Waals surface area contributed by atoms with Crippen molar-refractivity contribution >= 4 is 29.3 Å². The number of nitrogens with one attached hydrogen (secondary N) is 1. The molecule has 0 aliphatic heterocycles. The predicted molar refractivity (Wildman–Crippen MR) is 81.3 cm³/mol. The maximum atomic E-state index is 12.2. The Balaban J connectivity index is 2.04. The van der Waals surface area contributed by atoms with Gasteiger partial charge in [-0.1, -0.05) is 0 Å². The van der Waals surface area contributed by atoms with E-state index in [1.807, 2.05) is 0 Å². The lowest BCUT2D eigenvalue weighted by atomic mass is 10.2. The van der Waals surface area contributed by atoms with Gasteiger partial charge >= 0.3 is 5.51 Å². The van der Waals surface area contributed by atoms with Crippen LogP contribution < -0.4 is 11.1 Å². The van der Waals surface area contributed by atoms with Crippen LogP contribution >= 0.6 is 11.8 Å². The van der Waals surface area contributed by atoms with Crippen molar-refractivity contribution in [2.75, 3.05) is 5.32 Å². The quantitative estimate of drug-likeness (QED) is 0.835. The van der Waals surface area contributed by atoms with Crippen LogP contribution in [0.3, 0.4) is 0 Å². The molecule has 3 N–H and O–H groups in total. The molecule has 23 heavy (non-hydrogen) atoms. The number of primary amides is 1. The van der Waals surface area contributed by atoms with E-state index in [1.54, 1.807) is 0 Å². The van der Waals surface area contributed by atoms with Crippen molar-refractivity contribution in [3.05, 3.63) is 59.7 Å². The molecule has 2 rings (SSSR count). The van der Waals surface area contributed by atoms with Crippen molar-refractivity contribution < 1.29 is 22.8 Å². The second kappa shape index (κ2) is 6.74.